The molecule has 0 spiro atoms. The number of nitrogens with zero attached hydrogens (tertiary/aromatic N) is 3. The molecule has 0 aromatic carbocycles. The zero-order valence-electron chi connectivity index (χ0n) is 10.3. The highest BCUT2D eigenvalue weighted by molar-refractivity contribution is 8.00. The van der Waals surface area contributed by atoms with Crippen LogP contribution >= 0.6 is 11.8 Å². The van der Waals surface area contributed by atoms with Gasteiger partial charge in [-0.25, -0.2) is 0 Å². The number of hydrogen-bond donors (Lipinski definition) is 2. The van der Waals surface area contributed by atoms with Crippen LogP contribution < -0.4 is 16.4 Å². The van der Waals surface area contributed by atoms with Gasteiger partial charge in [0.05, 0.1) is 0 Å². The summed E-state index contributed by atoms with van der Waals surface area (Å²) in [5.74, 6) is 2.62. The summed E-state index contributed by atoms with van der Waals surface area (Å²) in [6.45, 7) is 6.52. The highest BCUT2D eigenvalue weighted by atomic mass is 32.2. The van der Waals surface area contributed by atoms with Crippen molar-refractivity contribution in [2.24, 2.45) is 0 Å². The van der Waals surface area contributed by atoms with Crippen LogP contribution in [0, 0.1) is 0 Å². The van der Waals surface area contributed by atoms with Gasteiger partial charge >= 0.3 is 0 Å². The fourth-order valence-electron chi connectivity index (χ4n) is 1.88. The molecule has 0 aliphatic carbocycles. The average molecular weight is 253 g/mol. The molecule has 17 heavy (non-hydrogen) atoms. The SMILES string of the molecule is CC1(C)CCN(c2cc(N)nc(N)n2)CCS1. The second kappa shape index (κ2) is 4.60. The molecule has 2 rings (SSSR count). The van der Waals surface area contributed by atoms with Crippen molar-refractivity contribution in [2.45, 2.75) is 25.0 Å². The van der Waals surface area contributed by atoms with Crippen LogP contribution in [0.15, 0.2) is 6.07 Å². The summed E-state index contributed by atoms with van der Waals surface area (Å²) in [6, 6.07) is 1.79. The summed E-state index contributed by atoms with van der Waals surface area (Å²) in [5.41, 5.74) is 11.3. The molecule has 0 amide bonds. The summed E-state index contributed by atoms with van der Waals surface area (Å²) in [6.07, 6.45) is 1.13. The Morgan fingerprint density at radius 1 is 1.29 bits per heavy atom. The second-order valence-corrected chi connectivity index (χ2v) is 6.66. The van der Waals surface area contributed by atoms with E-state index in [-0.39, 0.29) is 5.95 Å². The fourth-order valence-corrected chi connectivity index (χ4v) is 2.98. The number of hydrogen-bond acceptors (Lipinski definition) is 6. The van der Waals surface area contributed by atoms with E-state index in [2.05, 4.69) is 28.7 Å². The number of anilines is 3. The van der Waals surface area contributed by atoms with Gasteiger partial charge in [0, 0.05) is 29.7 Å². The Bertz CT molecular complexity index is 387. The Kier molecular flexibility index (Phi) is 3.33. The Hall–Kier alpha value is -1.17. The van der Waals surface area contributed by atoms with Gasteiger partial charge in [0.15, 0.2) is 0 Å². The molecule has 0 radical (unpaired) electrons. The van der Waals surface area contributed by atoms with E-state index in [1.54, 1.807) is 6.07 Å². The molecule has 1 saturated heterocycles. The standard InChI is InChI=1S/C11H19N5S/c1-11(2)3-4-16(5-6-17-11)9-7-8(12)14-10(13)15-9/h7H,3-6H2,1-2H3,(H4,12,13,14,15). The number of nitrogens with two attached hydrogens (primary N) is 2. The predicted octanol–water partition coefficient (Wildman–Crippen LogP) is 1.36. The van der Waals surface area contributed by atoms with Crippen molar-refractivity contribution in [3.05, 3.63) is 6.07 Å². The molecule has 94 valence electrons. The van der Waals surface area contributed by atoms with Crippen molar-refractivity contribution in [3.63, 3.8) is 0 Å². The van der Waals surface area contributed by atoms with Gasteiger partial charge in [-0.2, -0.15) is 21.7 Å². The van der Waals surface area contributed by atoms with Crippen LogP contribution in [0.3, 0.4) is 0 Å². The quantitative estimate of drug-likeness (QED) is 0.786. The Morgan fingerprint density at radius 2 is 2.06 bits per heavy atom. The van der Waals surface area contributed by atoms with Crippen molar-refractivity contribution < 1.29 is 0 Å². The Labute approximate surface area is 106 Å². The fraction of sp³-hybridized carbons (Fsp3) is 0.636. The lowest BCUT2D eigenvalue weighted by Crippen LogP contribution is -2.28. The van der Waals surface area contributed by atoms with Crippen LogP contribution in [-0.4, -0.2) is 33.6 Å². The summed E-state index contributed by atoms with van der Waals surface area (Å²) < 4.78 is 0.332. The predicted molar refractivity (Wildman–Crippen MR) is 74.2 cm³/mol. The molecule has 1 aromatic heterocycles. The molecule has 2 heterocycles. The first-order chi connectivity index (χ1) is 7.96. The number of rotatable bonds is 1. The minimum absolute atomic E-state index is 0.246. The van der Waals surface area contributed by atoms with E-state index in [0.717, 1.165) is 31.1 Å². The third-order valence-corrected chi connectivity index (χ3v) is 4.28. The molecule has 1 aliphatic rings. The number of thioether (sulfide) groups is 1. The molecule has 1 aliphatic heterocycles. The van der Waals surface area contributed by atoms with Gasteiger partial charge in [-0.3, -0.25) is 0 Å². The van der Waals surface area contributed by atoms with E-state index >= 15 is 0 Å². The third-order valence-electron chi connectivity index (χ3n) is 2.91. The molecule has 4 N–H and O–H groups in total. The van der Waals surface area contributed by atoms with E-state index in [9.17, 15) is 0 Å². The van der Waals surface area contributed by atoms with Gasteiger partial charge in [0.25, 0.3) is 0 Å². The van der Waals surface area contributed by atoms with Crippen molar-refractivity contribution in [2.75, 3.05) is 35.2 Å². The van der Waals surface area contributed by atoms with Crippen LogP contribution in [0.1, 0.15) is 20.3 Å². The number of nitrogen functional groups attached to an aromatic ring is 2. The van der Waals surface area contributed by atoms with Crippen LogP contribution in [-0.2, 0) is 0 Å². The molecule has 0 unspecified atom stereocenters. The molecule has 0 saturated carbocycles. The Balaban J connectivity index is 2.17. The zero-order chi connectivity index (χ0) is 12.5. The first-order valence-electron chi connectivity index (χ1n) is 5.75. The maximum absolute atomic E-state index is 5.70. The Morgan fingerprint density at radius 3 is 2.76 bits per heavy atom. The van der Waals surface area contributed by atoms with Crippen molar-refractivity contribution >= 4 is 29.3 Å². The highest BCUT2D eigenvalue weighted by Crippen LogP contribution is 2.32. The van der Waals surface area contributed by atoms with Crippen LogP contribution in [0.2, 0.25) is 0 Å². The lowest BCUT2D eigenvalue weighted by Gasteiger charge is -2.23. The van der Waals surface area contributed by atoms with E-state index in [1.165, 1.54) is 0 Å². The molecule has 1 aromatic rings. The van der Waals surface area contributed by atoms with Crippen molar-refractivity contribution in [3.8, 4) is 0 Å². The first kappa shape index (κ1) is 12.3. The molecule has 0 bridgehead atoms. The maximum Gasteiger partial charge on any atom is 0.223 e. The second-order valence-electron chi connectivity index (χ2n) is 4.85. The normalized spacial score (nSPS) is 20.0. The van der Waals surface area contributed by atoms with E-state index in [1.807, 2.05) is 11.8 Å². The molecule has 6 heteroatoms. The maximum atomic E-state index is 5.70. The monoisotopic (exact) mass is 253 g/mol. The number of aromatic nitrogens is 2. The molecule has 0 atom stereocenters. The van der Waals surface area contributed by atoms with Crippen LogP contribution in [0.5, 0.6) is 0 Å². The average Bonchev–Trinajstić information content (AvgIpc) is 2.38. The van der Waals surface area contributed by atoms with E-state index in [0.29, 0.717) is 10.6 Å². The van der Waals surface area contributed by atoms with Gasteiger partial charge in [-0.1, -0.05) is 13.8 Å². The van der Waals surface area contributed by atoms with Gasteiger partial charge in [-0.05, 0) is 6.42 Å². The van der Waals surface area contributed by atoms with Gasteiger partial charge < -0.3 is 16.4 Å². The van der Waals surface area contributed by atoms with Gasteiger partial charge in [-0.15, -0.1) is 0 Å². The smallest absolute Gasteiger partial charge is 0.223 e. The minimum Gasteiger partial charge on any atom is -0.383 e. The summed E-state index contributed by atoms with van der Waals surface area (Å²) >= 11 is 2.00. The van der Waals surface area contributed by atoms with Gasteiger partial charge in [0.2, 0.25) is 5.95 Å². The molecule has 1 fully saturated rings. The topological polar surface area (TPSA) is 81.1 Å². The molecular formula is C11H19N5S. The first-order valence-corrected chi connectivity index (χ1v) is 6.74. The van der Waals surface area contributed by atoms with E-state index in [4.69, 9.17) is 11.5 Å². The summed E-state index contributed by atoms with van der Waals surface area (Å²) in [4.78, 5) is 10.4. The molecular weight excluding hydrogens is 234 g/mol. The van der Waals surface area contributed by atoms with Crippen molar-refractivity contribution in [1.29, 1.82) is 0 Å². The van der Waals surface area contributed by atoms with Gasteiger partial charge in [0.1, 0.15) is 11.6 Å². The van der Waals surface area contributed by atoms with Crippen LogP contribution in [0.4, 0.5) is 17.6 Å². The van der Waals surface area contributed by atoms with E-state index < -0.39 is 0 Å². The van der Waals surface area contributed by atoms with Crippen molar-refractivity contribution in [1.82, 2.24) is 9.97 Å². The zero-order valence-corrected chi connectivity index (χ0v) is 11.1. The minimum atomic E-state index is 0.246. The largest absolute Gasteiger partial charge is 0.383 e. The lowest BCUT2D eigenvalue weighted by molar-refractivity contribution is 0.635. The summed E-state index contributed by atoms with van der Waals surface area (Å²) in [7, 11) is 0. The highest BCUT2D eigenvalue weighted by Gasteiger charge is 2.24. The third kappa shape index (κ3) is 3.15. The summed E-state index contributed by atoms with van der Waals surface area (Å²) in [5, 5.41) is 0. The van der Waals surface area contributed by atoms with Crippen LogP contribution in [0.25, 0.3) is 0 Å². The lowest BCUT2D eigenvalue weighted by atomic mass is 10.1. The molecule has 5 nitrogen and oxygen atoms in total.